The van der Waals surface area contributed by atoms with Crippen LogP contribution in [0.25, 0.3) is 0 Å². The number of ether oxygens (including phenoxy) is 2. The molecule has 2 aromatic rings. The molecule has 0 amide bonds. The standard InChI is InChI=1S/C14H14O4/c1-17-14-7-10(5-6-13(14)16)9-18-12-4-2-3-11(15)8-12/h2-8,15-16H,9H2,1H3. The molecule has 0 saturated heterocycles. The zero-order chi connectivity index (χ0) is 13.0. The molecule has 94 valence electrons. The van der Waals surface area contributed by atoms with Crippen molar-refractivity contribution in [1.82, 2.24) is 0 Å². The third kappa shape index (κ3) is 2.85. The maximum absolute atomic E-state index is 9.46. The Hall–Kier alpha value is -2.36. The molecule has 0 saturated carbocycles. The van der Waals surface area contributed by atoms with Crippen LogP contribution in [0.5, 0.6) is 23.0 Å². The summed E-state index contributed by atoms with van der Waals surface area (Å²) in [4.78, 5) is 0. The molecule has 2 aromatic carbocycles. The van der Waals surface area contributed by atoms with Gasteiger partial charge in [0.05, 0.1) is 7.11 Å². The van der Waals surface area contributed by atoms with E-state index in [9.17, 15) is 10.2 Å². The largest absolute Gasteiger partial charge is 0.508 e. The van der Waals surface area contributed by atoms with Gasteiger partial charge in [-0.15, -0.1) is 0 Å². The highest BCUT2D eigenvalue weighted by Crippen LogP contribution is 2.27. The molecule has 0 aliphatic carbocycles. The molecule has 0 radical (unpaired) electrons. The lowest BCUT2D eigenvalue weighted by atomic mass is 10.2. The number of benzene rings is 2. The van der Waals surface area contributed by atoms with E-state index in [-0.39, 0.29) is 11.5 Å². The minimum atomic E-state index is 0.0959. The van der Waals surface area contributed by atoms with Crippen LogP contribution >= 0.6 is 0 Å². The number of phenolic OH excluding ortho intramolecular Hbond substituents is 2. The quantitative estimate of drug-likeness (QED) is 0.870. The molecule has 0 aliphatic heterocycles. The molecule has 2 N–H and O–H groups in total. The van der Waals surface area contributed by atoms with Gasteiger partial charge < -0.3 is 19.7 Å². The fourth-order valence-electron chi connectivity index (χ4n) is 1.55. The zero-order valence-electron chi connectivity index (χ0n) is 9.96. The third-order valence-electron chi connectivity index (χ3n) is 2.47. The number of hydrogen-bond donors (Lipinski definition) is 2. The molecule has 0 fully saturated rings. The van der Waals surface area contributed by atoms with Crippen molar-refractivity contribution in [2.45, 2.75) is 6.61 Å². The fraction of sp³-hybridized carbons (Fsp3) is 0.143. The fourth-order valence-corrected chi connectivity index (χ4v) is 1.55. The van der Waals surface area contributed by atoms with Gasteiger partial charge in [-0.3, -0.25) is 0 Å². The summed E-state index contributed by atoms with van der Waals surface area (Å²) >= 11 is 0. The van der Waals surface area contributed by atoms with Crippen molar-refractivity contribution in [1.29, 1.82) is 0 Å². The molecular weight excluding hydrogens is 232 g/mol. The van der Waals surface area contributed by atoms with Crippen molar-refractivity contribution in [2.24, 2.45) is 0 Å². The number of hydrogen-bond acceptors (Lipinski definition) is 4. The van der Waals surface area contributed by atoms with E-state index in [1.807, 2.05) is 0 Å². The van der Waals surface area contributed by atoms with Crippen molar-refractivity contribution >= 4 is 0 Å². The highest BCUT2D eigenvalue weighted by molar-refractivity contribution is 5.41. The first kappa shape index (κ1) is 12.1. The molecule has 4 heteroatoms. The van der Waals surface area contributed by atoms with Crippen molar-refractivity contribution in [2.75, 3.05) is 7.11 Å². The summed E-state index contributed by atoms with van der Waals surface area (Å²) < 4.78 is 10.5. The molecule has 4 nitrogen and oxygen atoms in total. The van der Waals surface area contributed by atoms with E-state index in [1.54, 1.807) is 36.4 Å². The second kappa shape index (κ2) is 5.31. The number of aromatic hydroxyl groups is 2. The molecule has 2 rings (SSSR count). The van der Waals surface area contributed by atoms with Crippen molar-refractivity contribution in [3.05, 3.63) is 48.0 Å². The molecule has 18 heavy (non-hydrogen) atoms. The second-order valence-corrected chi connectivity index (χ2v) is 3.79. The first-order valence-electron chi connectivity index (χ1n) is 5.47. The Kier molecular flexibility index (Phi) is 3.57. The van der Waals surface area contributed by atoms with Crippen LogP contribution in [0.3, 0.4) is 0 Å². The minimum absolute atomic E-state index is 0.0959. The van der Waals surface area contributed by atoms with Gasteiger partial charge in [0.25, 0.3) is 0 Å². The molecule has 0 heterocycles. The third-order valence-corrected chi connectivity index (χ3v) is 2.47. The molecule has 0 atom stereocenters. The van der Waals surface area contributed by atoms with Crippen LogP contribution in [-0.4, -0.2) is 17.3 Å². The van der Waals surface area contributed by atoms with Crippen LogP contribution in [0, 0.1) is 0 Å². The van der Waals surface area contributed by atoms with E-state index in [2.05, 4.69) is 0 Å². The van der Waals surface area contributed by atoms with Crippen LogP contribution in [0.2, 0.25) is 0 Å². The second-order valence-electron chi connectivity index (χ2n) is 3.79. The number of methoxy groups -OCH3 is 1. The van der Waals surface area contributed by atoms with Crippen LogP contribution in [0.4, 0.5) is 0 Å². The molecule has 0 spiro atoms. The summed E-state index contributed by atoms with van der Waals surface area (Å²) in [5, 5.41) is 18.8. The van der Waals surface area contributed by atoms with E-state index in [0.29, 0.717) is 18.1 Å². The molecular formula is C14H14O4. The van der Waals surface area contributed by atoms with E-state index in [1.165, 1.54) is 13.2 Å². The molecule has 0 unspecified atom stereocenters. The van der Waals surface area contributed by atoms with E-state index >= 15 is 0 Å². The zero-order valence-corrected chi connectivity index (χ0v) is 9.96. The summed E-state index contributed by atoms with van der Waals surface area (Å²) in [6, 6.07) is 11.6. The van der Waals surface area contributed by atoms with Crippen LogP contribution < -0.4 is 9.47 Å². The van der Waals surface area contributed by atoms with Gasteiger partial charge in [0.2, 0.25) is 0 Å². The normalized spacial score (nSPS) is 10.1. The van der Waals surface area contributed by atoms with Crippen LogP contribution in [-0.2, 0) is 6.61 Å². The Morgan fingerprint density at radius 3 is 2.61 bits per heavy atom. The van der Waals surface area contributed by atoms with Gasteiger partial charge in [0.1, 0.15) is 18.1 Å². The number of rotatable bonds is 4. The van der Waals surface area contributed by atoms with Gasteiger partial charge in [0, 0.05) is 6.07 Å². The lowest BCUT2D eigenvalue weighted by Gasteiger charge is -2.09. The molecule has 0 bridgehead atoms. The van der Waals surface area contributed by atoms with Crippen molar-refractivity contribution < 1.29 is 19.7 Å². The topological polar surface area (TPSA) is 58.9 Å². The van der Waals surface area contributed by atoms with Gasteiger partial charge in [-0.05, 0) is 29.8 Å². The van der Waals surface area contributed by atoms with Gasteiger partial charge in [-0.2, -0.15) is 0 Å². The predicted octanol–water partition coefficient (Wildman–Crippen LogP) is 2.69. The minimum Gasteiger partial charge on any atom is -0.508 e. The summed E-state index contributed by atoms with van der Waals surface area (Å²) in [6.07, 6.45) is 0. The van der Waals surface area contributed by atoms with Crippen LogP contribution in [0.1, 0.15) is 5.56 Å². The maximum Gasteiger partial charge on any atom is 0.160 e. The monoisotopic (exact) mass is 246 g/mol. The first-order chi connectivity index (χ1) is 8.69. The summed E-state index contributed by atoms with van der Waals surface area (Å²) in [5.41, 5.74) is 0.869. The summed E-state index contributed by atoms with van der Waals surface area (Å²) in [5.74, 6) is 1.25. The van der Waals surface area contributed by atoms with E-state index in [0.717, 1.165) is 5.56 Å². The van der Waals surface area contributed by atoms with Crippen molar-refractivity contribution in [3.63, 3.8) is 0 Å². The van der Waals surface area contributed by atoms with E-state index < -0.39 is 0 Å². The highest BCUT2D eigenvalue weighted by atomic mass is 16.5. The van der Waals surface area contributed by atoms with Crippen molar-refractivity contribution in [3.8, 4) is 23.0 Å². The SMILES string of the molecule is COc1cc(COc2cccc(O)c2)ccc1O. The Morgan fingerprint density at radius 1 is 1.06 bits per heavy atom. The molecule has 0 aliphatic rings. The smallest absolute Gasteiger partial charge is 0.160 e. The average Bonchev–Trinajstić information content (AvgIpc) is 2.38. The average molecular weight is 246 g/mol. The predicted molar refractivity (Wildman–Crippen MR) is 67.1 cm³/mol. The summed E-state index contributed by atoms with van der Waals surface area (Å²) in [6.45, 7) is 0.333. The lowest BCUT2D eigenvalue weighted by molar-refractivity contribution is 0.302. The Balaban J connectivity index is 2.06. The Morgan fingerprint density at radius 2 is 1.89 bits per heavy atom. The van der Waals surface area contributed by atoms with Gasteiger partial charge in [-0.1, -0.05) is 12.1 Å². The summed E-state index contributed by atoms with van der Waals surface area (Å²) in [7, 11) is 1.49. The van der Waals surface area contributed by atoms with Gasteiger partial charge in [-0.25, -0.2) is 0 Å². The van der Waals surface area contributed by atoms with Gasteiger partial charge in [0.15, 0.2) is 11.5 Å². The lowest BCUT2D eigenvalue weighted by Crippen LogP contribution is -1.96. The Labute approximate surface area is 105 Å². The first-order valence-corrected chi connectivity index (χ1v) is 5.47. The van der Waals surface area contributed by atoms with E-state index in [4.69, 9.17) is 9.47 Å². The Bertz CT molecular complexity index is 537. The highest BCUT2D eigenvalue weighted by Gasteiger charge is 2.03. The molecule has 0 aromatic heterocycles. The number of phenols is 2. The maximum atomic E-state index is 9.46. The van der Waals surface area contributed by atoms with Crippen LogP contribution in [0.15, 0.2) is 42.5 Å². The van der Waals surface area contributed by atoms with Gasteiger partial charge >= 0.3 is 0 Å².